The highest BCUT2D eigenvalue weighted by molar-refractivity contribution is 6.37. The van der Waals surface area contributed by atoms with Crippen LogP contribution in [0.3, 0.4) is 0 Å². The third-order valence-electron chi connectivity index (χ3n) is 2.02. The van der Waals surface area contributed by atoms with Gasteiger partial charge in [0.15, 0.2) is 5.75 Å². The Kier molecular flexibility index (Phi) is 6.27. The number of ether oxygens (including phenoxy) is 1. The van der Waals surface area contributed by atoms with Crippen molar-refractivity contribution in [3.05, 3.63) is 22.2 Å². The summed E-state index contributed by atoms with van der Waals surface area (Å²) in [6, 6.07) is 2.57. The van der Waals surface area contributed by atoms with Crippen LogP contribution >= 0.6 is 23.2 Å². The van der Waals surface area contributed by atoms with Gasteiger partial charge < -0.3 is 15.4 Å². The predicted octanol–water partition coefficient (Wildman–Crippen LogP) is 3.14. The van der Waals surface area contributed by atoms with Gasteiger partial charge >= 0.3 is 6.61 Å². The lowest BCUT2D eigenvalue weighted by Crippen LogP contribution is -2.27. The first-order valence-electron chi connectivity index (χ1n) is 5.38. The molecule has 0 heterocycles. The first-order chi connectivity index (χ1) is 8.93. The molecule has 0 saturated heterocycles. The molecule has 1 rings (SSSR count). The fraction of sp³-hybridized carbons (Fsp3) is 0.364. The minimum atomic E-state index is -3.02. The quantitative estimate of drug-likeness (QED) is 0.848. The van der Waals surface area contributed by atoms with Crippen molar-refractivity contribution >= 4 is 34.8 Å². The molecule has 0 fully saturated rings. The second-order valence-electron chi connectivity index (χ2n) is 3.48. The lowest BCUT2D eigenvalue weighted by molar-refractivity contribution is -0.115. The maximum Gasteiger partial charge on any atom is 0.387 e. The Hall–Kier alpha value is -1.11. The van der Waals surface area contributed by atoms with Crippen molar-refractivity contribution in [1.82, 2.24) is 5.32 Å². The Morgan fingerprint density at radius 2 is 1.95 bits per heavy atom. The molecule has 0 unspecified atom stereocenters. The molecule has 0 atom stereocenters. The van der Waals surface area contributed by atoms with Gasteiger partial charge in [-0.2, -0.15) is 8.78 Å². The number of benzene rings is 1. The maximum atomic E-state index is 12.1. The third-order valence-corrected chi connectivity index (χ3v) is 2.59. The summed E-state index contributed by atoms with van der Waals surface area (Å²) in [5, 5.41) is 5.15. The summed E-state index contributed by atoms with van der Waals surface area (Å²) in [6.45, 7) is -0.390. The highest BCUT2D eigenvalue weighted by Crippen LogP contribution is 2.36. The van der Waals surface area contributed by atoms with Crippen molar-refractivity contribution < 1.29 is 18.3 Å². The number of halogens is 4. The summed E-state index contributed by atoms with van der Waals surface area (Å²) in [6.07, 6.45) is 0. The third kappa shape index (κ3) is 5.18. The molecule has 8 heteroatoms. The summed E-state index contributed by atoms with van der Waals surface area (Å²) in [5.74, 6) is -0.612. The van der Waals surface area contributed by atoms with Crippen LogP contribution in [0.25, 0.3) is 0 Å². The number of carbonyl (C=O) groups is 1. The van der Waals surface area contributed by atoms with Crippen LogP contribution < -0.4 is 15.4 Å². The van der Waals surface area contributed by atoms with Crippen molar-refractivity contribution in [2.45, 2.75) is 13.5 Å². The Morgan fingerprint density at radius 3 is 2.42 bits per heavy atom. The maximum absolute atomic E-state index is 12.1. The zero-order chi connectivity index (χ0) is 14.4. The molecule has 1 amide bonds. The molecule has 2 N–H and O–H groups in total. The molecule has 4 nitrogen and oxygen atoms in total. The van der Waals surface area contributed by atoms with E-state index in [9.17, 15) is 13.6 Å². The Labute approximate surface area is 119 Å². The molecule has 0 saturated carbocycles. The fourth-order valence-corrected chi connectivity index (χ4v) is 1.85. The molecule has 0 spiro atoms. The van der Waals surface area contributed by atoms with Crippen LogP contribution in [0.15, 0.2) is 12.1 Å². The van der Waals surface area contributed by atoms with Crippen molar-refractivity contribution in [2.75, 3.05) is 18.4 Å². The molecule has 0 aliphatic rings. The minimum absolute atomic E-state index is 0.105. The van der Waals surface area contributed by atoms with E-state index in [2.05, 4.69) is 15.4 Å². The Morgan fingerprint density at radius 1 is 1.37 bits per heavy atom. The minimum Gasteiger partial charge on any atom is -0.432 e. The van der Waals surface area contributed by atoms with Crippen molar-refractivity contribution in [2.24, 2.45) is 0 Å². The van der Waals surface area contributed by atoms with Crippen molar-refractivity contribution in [3.8, 4) is 5.75 Å². The smallest absolute Gasteiger partial charge is 0.387 e. The van der Waals surface area contributed by atoms with Gasteiger partial charge in [0.2, 0.25) is 5.91 Å². The van der Waals surface area contributed by atoms with Gasteiger partial charge in [-0.05, 0) is 18.7 Å². The summed E-state index contributed by atoms with van der Waals surface area (Å²) in [5.41, 5.74) is 0.305. The number of nitrogens with one attached hydrogen (secondary N) is 2. The van der Waals surface area contributed by atoms with Gasteiger partial charge in [0.25, 0.3) is 0 Å². The first-order valence-corrected chi connectivity index (χ1v) is 6.14. The number of likely N-dealkylation sites (N-methyl/N-ethyl adjacent to an activating group) is 1. The van der Waals surface area contributed by atoms with Crippen LogP contribution in [0.5, 0.6) is 5.75 Å². The zero-order valence-corrected chi connectivity index (χ0v) is 11.5. The van der Waals surface area contributed by atoms with E-state index in [0.29, 0.717) is 12.2 Å². The first kappa shape index (κ1) is 15.9. The SMILES string of the molecule is CCNCC(=O)Nc1cc(Cl)c(OC(F)F)c(Cl)c1. The summed E-state index contributed by atoms with van der Waals surface area (Å²) in [7, 11) is 0. The zero-order valence-electron chi connectivity index (χ0n) is 9.97. The van der Waals surface area contributed by atoms with Crippen LogP contribution in [0.4, 0.5) is 14.5 Å². The number of carbonyl (C=O) groups excluding carboxylic acids is 1. The Bertz CT molecular complexity index is 435. The van der Waals surface area contributed by atoms with Gasteiger partial charge in [-0.15, -0.1) is 0 Å². The lowest BCUT2D eigenvalue weighted by Gasteiger charge is -2.11. The van der Waals surface area contributed by atoms with Gasteiger partial charge in [0, 0.05) is 5.69 Å². The van der Waals surface area contributed by atoms with E-state index in [1.807, 2.05) is 6.92 Å². The van der Waals surface area contributed by atoms with Gasteiger partial charge in [0.1, 0.15) is 0 Å². The topological polar surface area (TPSA) is 50.4 Å². The van der Waals surface area contributed by atoms with Crippen LogP contribution in [0, 0.1) is 0 Å². The van der Waals surface area contributed by atoms with E-state index in [-0.39, 0.29) is 28.2 Å². The van der Waals surface area contributed by atoms with Crippen LogP contribution in [-0.2, 0) is 4.79 Å². The summed E-state index contributed by atoms with van der Waals surface area (Å²) >= 11 is 11.5. The van der Waals surface area contributed by atoms with Crippen LogP contribution in [0.2, 0.25) is 10.0 Å². The standard InChI is InChI=1S/C11H12Cl2F2N2O2/c1-2-16-5-9(18)17-6-3-7(12)10(8(13)4-6)19-11(14)15/h3-4,11,16H,2,5H2,1H3,(H,17,18). The lowest BCUT2D eigenvalue weighted by atomic mass is 10.3. The molecular formula is C11H12Cl2F2N2O2. The van der Waals surface area contributed by atoms with Crippen LogP contribution in [-0.4, -0.2) is 25.6 Å². The monoisotopic (exact) mass is 312 g/mol. The number of rotatable bonds is 6. The van der Waals surface area contributed by atoms with E-state index < -0.39 is 6.61 Å². The van der Waals surface area contributed by atoms with E-state index in [4.69, 9.17) is 23.2 Å². The van der Waals surface area contributed by atoms with Crippen LogP contribution in [0.1, 0.15) is 6.92 Å². The average Bonchev–Trinajstić information content (AvgIpc) is 2.31. The van der Waals surface area contributed by atoms with E-state index in [1.54, 1.807) is 0 Å². The number of hydrogen-bond donors (Lipinski definition) is 2. The van der Waals surface area contributed by atoms with Crippen molar-refractivity contribution in [1.29, 1.82) is 0 Å². The van der Waals surface area contributed by atoms with E-state index in [0.717, 1.165) is 0 Å². The average molecular weight is 313 g/mol. The molecule has 0 aliphatic carbocycles. The van der Waals surface area contributed by atoms with E-state index in [1.165, 1.54) is 12.1 Å². The number of alkyl halides is 2. The molecule has 1 aromatic carbocycles. The molecule has 19 heavy (non-hydrogen) atoms. The highest BCUT2D eigenvalue weighted by Gasteiger charge is 2.15. The molecule has 0 aliphatic heterocycles. The molecule has 0 aromatic heterocycles. The molecule has 106 valence electrons. The second kappa shape index (κ2) is 7.47. The largest absolute Gasteiger partial charge is 0.432 e. The molecule has 0 bridgehead atoms. The predicted molar refractivity (Wildman–Crippen MR) is 70.3 cm³/mol. The normalized spacial score (nSPS) is 10.6. The molecule has 1 aromatic rings. The Balaban J connectivity index is 2.80. The number of amides is 1. The van der Waals surface area contributed by atoms with Gasteiger partial charge in [-0.25, -0.2) is 0 Å². The van der Waals surface area contributed by atoms with Crippen molar-refractivity contribution in [3.63, 3.8) is 0 Å². The second-order valence-corrected chi connectivity index (χ2v) is 4.29. The molecular weight excluding hydrogens is 301 g/mol. The highest BCUT2D eigenvalue weighted by atomic mass is 35.5. The molecule has 0 radical (unpaired) electrons. The fourth-order valence-electron chi connectivity index (χ4n) is 1.28. The number of hydrogen-bond acceptors (Lipinski definition) is 3. The summed E-state index contributed by atoms with van der Waals surface area (Å²) in [4.78, 5) is 11.4. The van der Waals surface area contributed by atoms with Gasteiger partial charge in [-0.3, -0.25) is 4.79 Å². The number of anilines is 1. The van der Waals surface area contributed by atoms with Gasteiger partial charge in [-0.1, -0.05) is 30.1 Å². The van der Waals surface area contributed by atoms with E-state index >= 15 is 0 Å². The summed E-state index contributed by atoms with van der Waals surface area (Å²) < 4.78 is 28.4. The van der Waals surface area contributed by atoms with Gasteiger partial charge in [0.05, 0.1) is 16.6 Å².